The van der Waals surface area contributed by atoms with Gasteiger partial charge >= 0.3 is 11.2 Å². The Kier molecular flexibility index (Phi) is 6.61. The summed E-state index contributed by atoms with van der Waals surface area (Å²) >= 11 is 1.29. The van der Waals surface area contributed by atoms with Crippen molar-refractivity contribution in [3.8, 4) is 11.5 Å². The lowest BCUT2D eigenvalue weighted by molar-refractivity contribution is -0.113. The topological polar surface area (TPSA) is 128 Å². The molecule has 0 radical (unpaired) electrons. The molecule has 3 aromatic rings. The van der Waals surface area contributed by atoms with E-state index in [1.165, 1.54) is 11.3 Å². The second kappa shape index (κ2) is 9.44. The average Bonchev–Trinajstić information content (AvgIpc) is 3.39. The molecule has 1 amide bonds. The Labute approximate surface area is 195 Å². The number of fused-ring (bicyclic) bond motifs is 1. The van der Waals surface area contributed by atoms with E-state index < -0.39 is 32.7 Å². The van der Waals surface area contributed by atoms with E-state index in [2.05, 4.69) is 22.4 Å². The predicted molar refractivity (Wildman–Crippen MR) is 122 cm³/mol. The van der Waals surface area contributed by atoms with Gasteiger partial charge in [-0.25, -0.2) is 13.2 Å². The molecule has 0 saturated carbocycles. The molecule has 9 nitrogen and oxygen atoms in total. The fraction of sp³-hybridized carbons (Fsp3) is 0.364. The summed E-state index contributed by atoms with van der Waals surface area (Å²) in [5, 5.41) is 9.63. The Morgan fingerprint density at radius 1 is 1.24 bits per heavy atom. The van der Waals surface area contributed by atoms with Crippen LogP contribution in [-0.4, -0.2) is 42.9 Å². The Bertz CT molecular complexity index is 1280. The molecule has 1 unspecified atom stereocenters. The first-order valence-electron chi connectivity index (χ1n) is 10.5. The van der Waals surface area contributed by atoms with Gasteiger partial charge in [0.05, 0.1) is 12.2 Å². The Morgan fingerprint density at radius 2 is 2.00 bits per heavy atom. The number of nitrogens with one attached hydrogen (secondary N) is 1. The van der Waals surface area contributed by atoms with Crippen molar-refractivity contribution >= 4 is 38.1 Å². The lowest BCUT2D eigenvalue weighted by Gasteiger charge is -2.18. The maximum atomic E-state index is 12.7. The average molecular weight is 490 g/mol. The molecule has 4 rings (SSSR count). The van der Waals surface area contributed by atoms with E-state index in [1.54, 1.807) is 37.3 Å². The molecular weight excluding hydrogens is 466 g/mol. The van der Waals surface area contributed by atoms with Crippen molar-refractivity contribution in [2.24, 2.45) is 5.92 Å². The second-order valence-corrected chi connectivity index (χ2v) is 10.8. The molecule has 2 heterocycles. The van der Waals surface area contributed by atoms with E-state index >= 15 is 0 Å². The summed E-state index contributed by atoms with van der Waals surface area (Å²) in [6.45, 7) is 4.03. The number of anilines is 1. The zero-order valence-corrected chi connectivity index (χ0v) is 19.8. The molecular formula is C22H23N3O6S2. The van der Waals surface area contributed by atoms with Gasteiger partial charge < -0.3 is 14.5 Å². The molecule has 0 saturated heterocycles. The van der Waals surface area contributed by atoms with Crippen LogP contribution < -0.4 is 5.32 Å². The molecule has 33 heavy (non-hydrogen) atoms. The number of amides is 1. The van der Waals surface area contributed by atoms with Crippen molar-refractivity contribution in [2.75, 3.05) is 17.7 Å². The van der Waals surface area contributed by atoms with E-state index in [4.69, 9.17) is 9.15 Å². The van der Waals surface area contributed by atoms with Crippen molar-refractivity contribution in [3.05, 3.63) is 46.3 Å². The summed E-state index contributed by atoms with van der Waals surface area (Å²) in [5.74, 6) is -1.71. The van der Waals surface area contributed by atoms with Crippen molar-refractivity contribution in [1.29, 1.82) is 0 Å². The standard InChI is InChI=1S/C22H23N3O6S2/c1-3-30-21(27)18-15-10-9-13(2)11-16(15)32-20(18)23-17(26)12-33(28,29)22-25-24-19(31-22)14-7-5-4-6-8-14/h4-8,13H,3,9-12H2,1-2H3,(H,23,26). The third-order valence-corrected chi connectivity index (χ3v) is 7.77. The van der Waals surface area contributed by atoms with Crippen LogP contribution in [0.15, 0.2) is 40.0 Å². The number of rotatable bonds is 7. The van der Waals surface area contributed by atoms with Gasteiger partial charge in [-0.3, -0.25) is 4.79 Å². The quantitative estimate of drug-likeness (QED) is 0.499. The highest BCUT2D eigenvalue weighted by atomic mass is 32.2. The molecule has 0 aliphatic heterocycles. The molecule has 0 spiro atoms. The van der Waals surface area contributed by atoms with Gasteiger partial charge in [0.15, 0.2) is 0 Å². The Balaban J connectivity index is 1.54. The normalized spacial score (nSPS) is 15.6. The number of aromatic nitrogens is 2. The van der Waals surface area contributed by atoms with Gasteiger partial charge in [0, 0.05) is 10.4 Å². The number of ether oxygens (including phenoxy) is 1. The third-order valence-electron chi connectivity index (χ3n) is 5.26. The largest absolute Gasteiger partial charge is 0.462 e. The molecule has 174 valence electrons. The van der Waals surface area contributed by atoms with Crippen LogP contribution in [0.4, 0.5) is 5.00 Å². The highest BCUT2D eigenvalue weighted by Crippen LogP contribution is 2.40. The van der Waals surface area contributed by atoms with Gasteiger partial charge in [-0.1, -0.05) is 30.2 Å². The van der Waals surface area contributed by atoms with Crippen LogP contribution in [0.5, 0.6) is 0 Å². The molecule has 1 aromatic carbocycles. The molecule has 1 N–H and O–H groups in total. The highest BCUT2D eigenvalue weighted by molar-refractivity contribution is 7.91. The molecule has 0 fully saturated rings. The number of nitrogens with zero attached hydrogens (tertiary/aromatic N) is 2. The first kappa shape index (κ1) is 23.1. The lowest BCUT2D eigenvalue weighted by Crippen LogP contribution is -2.24. The van der Waals surface area contributed by atoms with Crippen LogP contribution >= 0.6 is 11.3 Å². The van der Waals surface area contributed by atoms with Gasteiger partial charge in [-0.15, -0.1) is 16.4 Å². The number of thiophene rings is 1. The van der Waals surface area contributed by atoms with E-state index in [0.29, 0.717) is 28.5 Å². The van der Waals surface area contributed by atoms with Crippen LogP contribution in [0.3, 0.4) is 0 Å². The van der Waals surface area contributed by atoms with Crippen LogP contribution in [-0.2, 0) is 32.2 Å². The zero-order valence-electron chi connectivity index (χ0n) is 18.2. The van der Waals surface area contributed by atoms with Crippen molar-refractivity contribution in [1.82, 2.24) is 10.2 Å². The highest BCUT2D eigenvalue weighted by Gasteiger charge is 2.31. The first-order chi connectivity index (χ1) is 15.8. The number of hydrogen-bond donors (Lipinski definition) is 1. The molecule has 1 aliphatic carbocycles. The summed E-state index contributed by atoms with van der Waals surface area (Å²) in [5.41, 5.74) is 1.76. The maximum Gasteiger partial charge on any atom is 0.341 e. The number of esters is 1. The van der Waals surface area contributed by atoms with E-state index in [9.17, 15) is 18.0 Å². The lowest BCUT2D eigenvalue weighted by atomic mass is 9.88. The monoisotopic (exact) mass is 489 g/mol. The number of benzene rings is 1. The Hall–Kier alpha value is -3.05. The van der Waals surface area contributed by atoms with E-state index in [1.807, 2.05) is 0 Å². The van der Waals surface area contributed by atoms with Crippen LogP contribution in [0.25, 0.3) is 11.5 Å². The summed E-state index contributed by atoms with van der Waals surface area (Å²) in [4.78, 5) is 26.3. The number of carbonyl (C=O) groups excluding carboxylic acids is 2. The van der Waals surface area contributed by atoms with Crippen LogP contribution in [0.2, 0.25) is 0 Å². The van der Waals surface area contributed by atoms with Gasteiger partial charge in [0.25, 0.3) is 0 Å². The number of hydrogen-bond acceptors (Lipinski definition) is 9. The van der Waals surface area contributed by atoms with Gasteiger partial charge in [0.1, 0.15) is 10.8 Å². The van der Waals surface area contributed by atoms with E-state index in [-0.39, 0.29) is 12.5 Å². The molecule has 11 heteroatoms. The minimum absolute atomic E-state index is 0.0410. The fourth-order valence-electron chi connectivity index (χ4n) is 3.69. The Morgan fingerprint density at radius 3 is 2.73 bits per heavy atom. The molecule has 0 bridgehead atoms. The van der Waals surface area contributed by atoms with Gasteiger partial charge in [0.2, 0.25) is 21.6 Å². The van der Waals surface area contributed by atoms with Gasteiger partial charge in [-0.2, -0.15) is 0 Å². The summed E-state index contributed by atoms with van der Waals surface area (Å²) in [6, 6.07) is 8.71. The summed E-state index contributed by atoms with van der Waals surface area (Å²) in [6.07, 6.45) is 2.43. The summed E-state index contributed by atoms with van der Waals surface area (Å²) in [7, 11) is -4.18. The van der Waals surface area contributed by atoms with Crippen molar-refractivity contribution in [2.45, 2.75) is 38.3 Å². The molecule has 1 atom stereocenters. The summed E-state index contributed by atoms with van der Waals surface area (Å²) < 4.78 is 35.9. The van der Waals surface area contributed by atoms with Crippen LogP contribution in [0, 0.1) is 5.92 Å². The first-order valence-corrected chi connectivity index (χ1v) is 13.0. The second-order valence-electron chi connectivity index (χ2n) is 7.82. The number of carbonyl (C=O) groups is 2. The zero-order chi connectivity index (χ0) is 23.6. The smallest absolute Gasteiger partial charge is 0.341 e. The minimum Gasteiger partial charge on any atom is -0.462 e. The number of sulfone groups is 1. The van der Waals surface area contributed by atoms with Crippen molar-refractivity contribution < 1.29 is 27.2 Å². The molecule has 1 aliphatic rings. The fourth-order valence-corrected chi connectivity index (χ4v) is 6.01. The predicted octanol–water partition coefficient (Wildman–Crippen LogP) is 3.51. The van der Waals surface area contributed by atoms with E-state index in [0.717, 1.165) is 23.3 Å². The third kappa shape index (κ3) is 4.98. The van der Waals surface area contributed by atoms with Crippen LogP contribution in [0.1, 0.15) is 41.1 Å². The SMILES string of the molecule is CCOC(=O)c1c(NC(=O)CS(=O)(=O)c2nnc(-c3ccccc3)o2)sc2c1CCC(C)C2. The maximum absolute atomic E-state index is 12.7. The van der Waals surface area contributed by atoms with Crippen molar-refractivity contribution in [3.63, 3.8) is 0 Å². The molecule has 2 aromatic heterocycles. The minimum atomic E-state index is -4.18. The van der Waals surface area contributed by atoms with Gasteiger partial charge in [-0.05, 0) is 49.8 Å².